The molecular weight excluding hydrogens is 483 g/mol. The number of hydrogen-bond acceptors (Lipinski definition) is 10. The molecule has 116 valence electrons. The zero-order chi connectivity index (χ0) is 16.3. The van der Waals surface area contributed by atoms with Gasteiger partial charge in [0.25, 0.3) is 0 Å². The molecule has 0 fully saturated rings. The van der Waals surface area contributed by atoms with Crippen molar-refractivity contribution in [2.75, 3.05) is 0 Å². The van der Waals surface area contributed by atoms with E-state index in [4.69, 9.17) is 11.5 Å². The summed E-state index contributed by atoms with van der Waals surface area (Å²) in [5.74, 6) is -5.50. The summed E-state index contributed by atoms with van der Waals surface area (Å²) in [6, 6.07) is -2.42. The summed E-state index contributed by atoms with van der Waals surface area (Å²) in [5, 5.41) is 39.2. The maximum absolute atomic E-state index is 9.86. The number of carbonyl (C=O) groups excluding carboxylic acids is 4. The summed E-state index contributed by atoms with van der Waals surface area (Å²) in [6.07, 6.45) is -1.00. The number of aliphatic carboxylic acids is 4. The van der Waals surface area contributed by atoms with E-state index in [0.29, 0.717) is 0 Å². The second kappa shape index (κ2) is 13.7. The fraction of sp³-hybridized carbons (Fsp3) is 0.600. The summed E-state index contributed by atoms with van der Waals surface area (Å²) >= 11 is 0. The first-order chi connectivity index (χ1) is 9.07. The molecule has 21 heavy (non-hydrogen) atoms. The Morgan fingerprint density at radius 3 is 1.10 bits per heavy atom. The molecule has 0 aromatic rings. The van der Waals surface area contributed by atoms with Crippen LogP contribution in [0.4, 0.5) is 0 Å². The Kier molecular flexibility index (Phi) is 16.1. The average Bonchev–Trinajstić information content (AvgIpc) is 2.33. The molecule has 0 spiro atoms. The minimum absolute atomic E-state index is 0. The van der Waals surface area contributed by atoms with Gasteiger partial charge in [0.05, 0.1) is 11.9 Å². The van der Waals surface area contributed by atoms with Crippen molar-refractivity contribution in [2.45, 2.75) is 37.8 Å². The smallest absolute Gasteiger partial charge is 0.550 e. The zero-order valence-electron chi connectivity index (χ0n) is 10.9. The molecule has 0 aromatic heterocycles. The standard InChI is InChI=1S/2C5H9NO4.Pb/c2*6-3(5(9)10)1-2-4(7)8;/h2*3H,1-2,6H2,(H,7,8)(H,9,10);/q;;+4/p-4. The summed E-state index contributed by atoms with van der Waals surface area (Å²) < 4.78 is 0. The third-order valence-corrected chi connectivity index (χ3v) is 1.92. The molecule has 0 saturated carbocycles. The quantitative estimate of drug-likeness (QED) is 0.302. The zero-order valence-corrected chi connectivity index (χ0v) is 14.8. The Balaban J connectivity index is -0.000000295. The van der Waals surface area contributed by atoms with Crippen LogP contribution in [0.25, 0.3) is 0 Å². The van der Waals surface area contributed by atoms with Gasteiger partial charge in [-0.25, -0.2) is 0 Å². The predicted molar refractivity (Wildman–Crippen MR) is 60.2 cm³/mol. The number of hydrogen-bond donors (Lipinski definition) is 2. The largest absolute Gasteiger partial charge is 4.00 e. The SMILES string of the molecule is NC(CCC(=O)[O-])C(=O)[O-].NC(CCC(=O)[O-])C(=O)[O-].[Pb+4]. The van der Waals surface area contributed by atoms with Gasteiger partial charge in [-0.2, -0.15) is 0 Å². The van der Waals surface area contributed by atoms with E-state index in [9.17, 15) is 39.6 Å². The van der Waals surface area contributed by atoms with E-state index in [0.717, 1.165) is 0 Å². The maximum Gasteiger partial charge on any atom is 4.00 e. The van der Waals surface area contributed by atoms with Crippen LogP contribution in [-0.4, -0.2) is 63.3 Å². The van der Waals surface area contributed by atoms with E-state index in [-0.39, 0.29) is 53.0 Å². The molecule has 0 aliphatic rings. The average molecular weight is 497 g/mol. The van der Waals surface area contributed by atoms with E-state index in [1.165, 1.54) is 0 Å². The first-order valence-corrected chi connectivity index (χ1v) is 5.40. The molecule has 0 amide bonds. The fourth-order valence-corrected chi connectivity index (χ4v) is 0.782. The van der Waals surface area contributed by atoms with Gasteiger partial charge in [0, 0.05) is 24.0 Å². The van der Waals surface area contributed by atoms with Crippen LogP contribution in [-0.2, 0) is 19.2 Å². The van der Waals surface area contributed by atoms with Crippen LogP contribution in [0.5, 0.6) is 0 Å². The molecule has 10 nitrogen and oxygen atoms in total. The summed E-state index contributed by atoms with van der Waals surface area (Å²) in [4.78, 5) is 39.2. The number of nitrogens with two attached hydrogens (primary N) is 2. The van der Waals surface area contributed by atoms with Gasteiger partial charge in [-0.3, -0.25) is 0 Å². The predicted octanol–water partition coefficient (Wildman–Crippen LogP) is -7.19. The molecule has 0 aliphatic heterocycles. The van der Waals surface area contributed by atoms with Gasteiger partial charge in [0.1, 0.15) is 0 Å². The van der Waals surface area contributed by atoms with Crippen LogP contribution in [0.1, 0.15) is 25.7 Å². The van der Waals surface area contributed by atoms with Crippen LogP contribution in [0.2, 0.25) is 0 Å². The number of rotatable bonds is 8. The molecule has 0 saturated heterocycles. The third kappa shape index (κ3) is 18.7. The monoisotopic (exact) mass is 498 g/mol. The van der Waals surface area contributed by atoms with Gasteiger partial charge in [0.15, 0.2) is 0 Å². The van der Waals surface area contributed by atoms with Crippen molar-refractivity contribution in [3.63, 3.8) is 0 Å². The Hall–Kier alpha value is -1.28. The minimum Gasteiger partial charge on any atom is -0.550 e. The Morgan fingerprint density at radius 2 is 0.952 bits per heavy atom. The molecule has 2 atom stereocenters. The van der Waals surface area contributed by atoms with E-state index < -0.39 is 36.0 Å². The number of carboxylic acids is 4. The van der Waals surface area contributed by atoms with Crippen molar-refractivity contribution in [3.8, 4) is 0 Å². The molecule has 0 aromatic carbocycles. The normalized spacial score (nSPS) is 11.9. The van der Waals surface area contributed by atoms with Crippen molar-refractivity contribution < 1.29 is 39.6 Å². The van der Waals surface area contributed by atoms with E-state index in [1.54, 1.807) is 0 Å². The van der Waals surface area contributed by atoms with Crippen molar-refractivity contribution in [3.05, 3.63) is 0 Å². The molecule has 2 unspecified atom stereocenters. The Bertz CT molecular complexity index is 329. The van der Waals surface area contributed by atoms with Gasteiger partial charge in [0.2, 0.25) is 0 Å². The first-order valence-electron chi connectivity index (χ1n) is 5.40. The van der Waals surface area contributed by atoms with E-state index in [2.05, 4.69) is 0 Å². The Morgan fingerprint density at radius 1 is 0.714 bits per heavy atom. The molecule has 0 radical (unpaired) electrons. The summed E-state index contributed by atoms with van der Waals surface area (Å²) in [5.41, 5.74) is 9.82. The van der Waals surface area contributed by atoms with Gasteiger partial charge in [-0.15, -0.1) is 0 Å². The summed E-state index contributed by atoms with van der Waals surface area (Å²) in [7, 11) is 0. The van der Waals surface area contributed by atoms with Crippen LogP contribution < -0.4 is 31.9 Å². The number of carbonyl (C=O) groups is 4. The van der Waals surface area contributed by atoms with Gasteiger partial charge >= 0.3 is 27.3 Å². The van der Waals surface area contributed by atoms with Crippen molar-refractivity contribution in [1.29, 1.82) is 0 Å². The number of carboxylic acid groups (broad SMARTS) is 4. The van der Waals surface area contributed by atoms with Crippen LogP contribution in [0, 0.1) is 0 Å². The molecule has 11 heteroatoms. The third-order valence-electron chi connectivity index (χ3n) is 1.92. The van der Waals surface area contributed by atoms with Crippen LogP contribution >= 0.6 is 0 Å². The van der Waals surface area contributed by atoms with E-state index in [1.807, 2.05) is 0 Å². The van der Waals surface area contributed by atoms with Crippen molar-refractivity contribution in [1.82, 2.24) is 0 Å². The van der Waals surface area contributed by atoms with Crippen LogP contribution in [0.15, 0.2) is 0 Å². The molecular formula is C10H14N2O8Pb. The Labute approximate surface area is 140 Å². The van der Waals surface area contributed by atoms with E-state index >= 15 is 0 Å². The second-order valence-corrected chi connectivity index (χ2v) is 3.67. The van der Waals surface area contributed by atoms with Gasteiger partial charge < -0.3 is 51.1 Å². The molecule has 4 N–H and O–H groups in total. The first kappa shape index (κ1) is 24.7. The van der Waals surface area contributed by atoms with Crippen molar-refractivity contribution in [2.24, 2.45) is 11.5 Å². The molecule has 0 rings (SSSR count). The molecule has 0 heterocycles. The minimum atomic E-state index is -1.44. The molecule has 0 bridgehead atoms. The summed E-state index contributed by atoms with van der Waals surface area (Å²) in [6.45, 7) is 0. The second-order valence-electron chi connectivity index (χ2n) is 3.67. The van der Waals surface area contributed by atoms with Crippen molar-refractivity contribution >= 4 is 51.2 Å². The topological polar surface area (TPSA) is 213 Å². The molecule has 0 aliphatic carbocycles. The fourth-order valence-electron chi connectivity index (χ4n) is 0.782. The van der Waals surface area contributed by atoms with Crippen LogP contribution in [0.3, 0.4) is 0 Å². The van der Waals surface area contributed by atoms with Gasteiger partial charge in [-0.1, -0.05) is 0 Å². The van der Waals surface area contributed by atoms with Gasteiger partial charge in [-0.05, 0) is 25.7 Å². The maximum atomic E-state index is 9.86.